The zero-order chi connectivity index (χ0) is 16.6. The molecule has 0 radical (unpaired) electrons. The van der Waals surface area contributed by atoms with Gasteiger partial charge in [-0.25, -0.2) is 13.2 Å². The second kappa shape index (κ2) is 6.70. The Bertz CT molecular complexity index is 714. The van der Waals surface area contributed by atoms with Gasteiger partial charge in [0.25, 0.3) is 0 Å². The van der Waals surface area contributed by atoms with Crippen LogP contribution in [0.2, 0.25) is 0 Å². The molecule has 9 heteroatoms. The van der Waals surface area contributed by atoms with Crippen LogP contribution < -0.4 is 5.32 Å². The molecule has 1 saturated carbocycles. The minimum Gasteiger partial charge on any atom is -0.335 e. The predicted octanol–water partition coefficient (Wildman–Crippen LogP) is 2.39. The first-order valence-electron chi connectivity index (χ1n) is 7.38. The summed E-state index contributed by atoms with van der Waals surface area (Å²) in [5, 5.41) is 2.93. The molecule has 1 aliphatic heterocycles. The van der Waals surface area contributed by atoms with E-state index in [1.54, 1.807) is 23.1 Å². The molecule has 2 fully saturated rings. The molecule has 0 unspecified atom stereocenters. The van der Waals surface area contributed by atoms with Crippen LogP contribution in [0.25, 0.3) is 0 Å². The lowest BCUT2D eigenvalue weighted by atomic mass is 10.4. The average molecular weight is 467 g/mol. The third-order valence-corrected chi connectivity index (χ3v) is 7.33. The quantitative estimate of drug-likeness (QED) is 0.743. The summed E-state index contributed by atoms with van der Waals surface area (Å²) in [5.74, 6) is 0. The van der Waals surface area contributed by atoms with E-state index >= 15 is 0 Å². The number of urea groups is 1. The lowest BCUT2D eigenvalue weighted by Gasteiger charge is -2.34. The summed E-state index contributed by atoms with van der Waals surface area (Å²) in [7, 11) is -3.58. The fraction of sp³-hybridized carbons (Fsp3) is 0.500. The molecule has 0 atom stereocenters. The van der Waals surface area contributed by atoms with E-state index in [-0.39, 0.29) is 10.9 Å². The van der Waals surface area contributed by atoms with Gasteiger partial charge >= 0.3 is 6.03 Å². The summed E-state index contributed by atoms with van der Waals surface area (Å²) < 4.78 is 28.2. The van der Waals surface area contributed by atoms with Crippen LogP contribution in [0.5, 0.6) is 0 Å². The largest absolute Gasteiger partial charge is 0.335 e. The summed E-state index contributed by atoms with van der Waals surface area (Å²) in [6.07, 6.45) is 2.08. The van der Waals surface area contributed by atoms with Crippen LogP contribution in [0.15, 0.2) is 32.0 Å². The maximum atomic E-state index is 12.8. The van der Waals surface area contributed by atoms with E-state index in [0.717, 1.165) is 12.8 Å². The zero-order valence-electron chi connectivity index (χ0n) is 12.3. The molecule has 0 aromatic heterocycles. The molecule has 0 spiro atoms. The van der Waals surface area contributed by atoms with E-state index < -0.39 is 10.0 Å². The fourth-order valence-electron chi connectivity index (χ4n) is 2.44. The molecule has 126 valence electrons. The van der Waals surface area contributed by atoms with Gasteiger partial charge in [0.2, 0.25) is 10.0 Å². The van der Waals surface area contributed by atoms with Crippen molar-refractivity contribution in [3.05, 3.63) is 27.1 Å². The maximum Gasteiger partial charge on any atom is 0.317 e. The third kappa shape index (κ3) is 3.89. The third-order valence-electron chi connectivity index (χ3n) is 3.94. The summed E-state index contributed by atoms with van der Waals surface area (Å²) in [4.78, 5) is 13.9. The molecular formula is C14H17Br2N3O3S. The lowest BCUT2D eigenvalue weighted by Crippen LogP contribution is -2.53. The average Bonchev–Trinajstić information content (AvgIpc) is 3.33. The van der Waals surface area contributed by atoms with E-state index in [0.29, 0.717) is 41.2 Å². The Hall–Kier alpha value is -0.640. The maximum absolute atomic E-state index is 12.8. The molecule has 1 aromatic rings. The van der Waals surface area contributed by atoms with Gasteiger partial charge in [-0.05, 0) is 47.0 Å². The van der Waals surface area contributed by atoms with Gasteiger partial charge in [0.1, 0.15) is 0 Å². The number of halogens is 2. The first kappa shape index (κ1) is 17.2. The smallest absolute Gasteiger partial charge is 0.317 e. The Morgan fingerprint density at radius 3 is 2.39 bits per heavy atom. The van der Waals surface area contributed by atoms with Gasteiger partial charge in [-0.3, -0.25) is 0 Å². The van der Waals surface area contributed by atoms with Gasteiger partial charge < -0.3 is 10.2 Å². The van der Waals surface area contributed by atoms with Crippen molar-refractivity contribution >= 4 is 47.9 Å². The van der Waals surface area contributed by atoms with Gasteiger partial charge in [-0.15, -0.1) is 0 Å². The van der Waals surface area contributed by atoms with E-state index in [9.17, 15) is 13.2 Å². The number of rotatable bonds is 3. The van der Waals surface area contributed by atoms with Crippen LogP contribution in [-0.4, -0.2) is 55.9 Å². The van der Waals surface area contributed by atoms with Gasteiger partial charge in [-0.2, -0.15) is 4.31 Å². The highest BCUT2D eigenvalue weighted by atomic mass is 79.9. The Kier molecular flexibility index (Phi) is 5.01. The Morgan fingerprint density at radius 2 is 1.78 bits per heavy atom. The molecule has 23 heavy (non-hydrogen) atoms. The Labute approximate surface area is 152 Å². The van der Waals surface area contributed by atoms with E-state index in [1.165, 1.54) is 4.31 Å². The number of carbonyl (C=O) groups is 1. The van der Waals surface area contributed by atoms with Gasteiger partial charge in [0.15, 0.2) is 0 Å². The molecule has 1 aromatic carbocycles. The number of nitrogens with one attached hydrogen (secondary N) is 1. The minimum absolute atomic E-state index is 0.0896. The number of hydrogen-bond acceptors (Lipinski definition) is 3. The predicted molar refractivity (Wildman–Crippen MR) is 93.7 cm³/mol. The molecule has 0 bridgehead atoms. The summed E-state index contributed by atoms with van der Waals surface area (Å²) in [6, 6.07) is 5.29. The monoisotopic (exact) mass is 465 g/mol. The molecule has 1 aliphatic carbocycles. The number of amides is 2. The number of benzene rings is 1. The van der Waals surface area contributed by atoms with Crippen LogP contribution in [0.4, 0.5) is 4.79 Å². The standard InChI is InChI=1S/C14H17Br2N3O3S/c15-10-1-4-12(16)13(9-10)23(21,22)19-7-5-18(6-8-19)14(20)17-11-2-3-11/h1,4,9,11H,2-3,5-8H2,(H,17,20). The first-order chi connectivity index (χ1) is 10.9. The molecular weight excluding hydrogens is 450 g/mol. The Balaban J connectivity index is 1.68. The molecule has 6 nitrogen and oxygen atoms in total. The van der Waals surface area contributed by atoms with Crippen LogP contribution in [0.3, 0.4) is 0 Å². The van der Waals surface area contributed by atoms with E-state index in [1.807, 2.05) is 0 Å². The summed E-state index contributed by atoms with van der Waals surface area (Å²) >= 11 is 6.61. The molecule has 3 rings (SSSR count). The summed E-state index contributed by atoms with van der Waals surface area (Å²) in [5.41, 5.74) is 0. The van der Waals surface area contributed by atoms with Crippen LogP contribution in [0, 0.1) is 0 Å². The molecule has 1 N–H and O–H groups in total. The normalized spacial score (nSPS) is 19.7. The topological polar surface area (TPSA) is 69.7 Å². The van der Waals surface area contributed by atoms with Crippen molar-refractivity contribution in [1.29, 1.82) is 0 Å². The fourth-order valence-corrected chi connectivity index (χ4v) is 5.32. The van der Waals surface area contributed by atoms with Crippen molar-refractivity contribution in [2.75, 3.05) is 26.2 Å². The van der Waals surface area contributed by atoms with Crippen molar-refractivity contribution in [2.24, 2.45) is 0 Å². The molecule has 2 amide bonds. The highest BCUT2D eigenvalue weighted by molar-refractivity contribution is 9.11. The van der Waals surface area contributed by atoms with Gasteiger partial charge in [0, 0.05) is 41.2 Å². The lowest BCUT2D eigenvalue weighted by molar-refractivity contribution is 0.172. The number of nitrogens with zero attached hydrogens (tertiary/aromatic N) is 2. The van der Waals surface area contributed by atoms with Crippen LogP contribution in [0.1, 0.15) is 12.8 Å². The zero-order valence-corrected chi connectivity index (χ0v) is 16.3. The first-order valence-corrected chi connectivity index (χ1v) is 10.4. The second-order valence-electron chi connectivity index (χ2n) is 5.69. The number of piperazine rings is 1. The van der Waals surface area contributed by atoms with Crippen molar-refractivity contribution < 1.29 is 13.2 Å². The molecule has 2 aliphatic rings. The highest BCUT2D eigenvalue weighted by Crippen LogP contribution is 2.29. The van der Waals surface area contributed by atoms with Crippen molar-refractivity contribution in [3.8, 4) is 0 Å². The number of carbonyl (C=O) groups excluding carboxylic acids is 1. The van der Waals surface area contributed by atoms with Gasteiger partial charge in [-0.1, -0.05) is 15.9 Å². The van der Waals surface area contributed by atoms with Crippen molar-refractivity contribution in [2.45, 2.75) is 23.8 Å². The van der Waals surface area contributed by atoms with Crippen molar-refractivity contribution in [1.82, 2.24) is 14.5 Å². The SMILES string of the molecule is O=C(NC1CC1)N1CCN(S(=O)(=O)c2cc(Br)ccc2Br)CC1. The number of hydrogen-bond donors (Lipinski definition) is 1. The molecule has 1 saturated heterocycles. The van der Waals surface area contributed by atoms with Crippen LogP contribution >= 0.6 is 31.9 Å². The highest BCUT2D eigenvalue weighted by Gasteiger charge is 2.33. The molecule has 1 heterocycles. The second-order valence-corrected chi connectivity index (χ2v) is 9.37. The summed E-state index contributed by atoms with van der Waals surface area (Å²) in [6.45, 7) is 1.42. The van der Waals surface area contributed by atoms with E-state index in [4.69, 9.17) is 0 Å². The van der Waals surface area contributed by atoms with Crippen molar-refractivity contribution in [3.63, 3.8) is 0 Å². The van der Waals surface area contributed by atoms with E-state index in [2.05, 4.69) is 37.2 Å². The minimum atomic E-state index is -3.58. The van der Waals surface area contributed by atoms with Gasteiger partial charge in [0.05, 0.1) is 4.90 Å². The Morgan fingerprint density at radius 1 is 1.13 bits per heavy atom. The number of sulfonamides is 1. The van der Waals surface area contributed by atoms with Crippen LogP contribution in [-0.2, 0) is 10.0 Å².